The molecule has 1 aromatic rings. The van der Waals surface area contributed by atoms with E-state index in [0.717, 1.165) is 37.3 Å². The standard InChI is InChI=1S/C17H29N7/c1-11-10-24(12(2)8-19-11)17-18-6-5-16(22-17)21-14-3-4-15-13(7-14)9-20-23-15/h5-6,11-15,19-20,23H,3-4,7-10H2,1-2H3,(H,18,21,22). The fourth-order valence-corrected chi connectivity index (χ4v) is 4.21. The number of nitrogens with zero attached hydrogens (tertiary/aromatic N) is 3. The monoisotopic (exact) mass is 331 g/mol. The number of nitrogens with one attached hydrogen (secondary N) is 4. The number of anilines is 2. The molecule has 4 N–H and O–H groups in total. The fourth-order valence-electron chi connectivity index (χ4n) is 4.21. The predicted molar refractivity (Wildman–Crippen MR) is 96.0 cm³/mol. The summed E-state index contributed by atoms with van der Waals surface area (Å²) in [4.78, 5) is 11.6. The molecule has 0 aromatic carbocycles. The van der Waals surface area contributed by atoms with E-state index < -0.39 is 0 Å². The molecule has 7 nitrogen and oxygen atoms in total. The van der Waals surface area contributed by atoms with E-state index in [9.17, 15) is 0 Å². The zero-order valence-electron chi connectivity index (χ0n) is 14.6. The van der Waals surface area contributed by atoms with E-state index in [2.05, 4.69) is 45.2 Å². The van der Waals surface area contributed by atoms with Crippen LogP contribution < -0.4 is 26.4 Å². The zero-order valence-corrected chi connectivity index (χ0v) is 14.6. The Balaban J connectivity index is 1.43. The van der Waals surface area contributed by atoms with Crippen molar-refractivity contribution in [1.82, 2.24) is 26.1 Å². The first-order valence-electron chi connectivity index (χ1n) is 9.27. The van der Waals surface area contributed by atoms with Crippen LogP contribution in [0, 0.1) is 5.92 Å². The van der Waals surface area contributed by atoms with Crippen molar-refractivity contribution < 1.29 is 0 Å². The van der Waals surface area contributed by atoms with Gasteiger partial charge < -0.3 is 15.5 Å². The molecule has 2 aliphatic heterocycles. The van der Waals surface area contributed by atoms with Crippen LogP contribution in [0.25, 0.3) is 0 Å². The van der Waals surface area contributed by atoms with Gasteiger partial charge in [-0.15, -0.1) is 0 Å². The average Bonchev–Trinajstić information content (AvgIpc) is 3.05. The maximum Gasteiger partial charge on any atom is 0.227 e. The molecule has 1 saturated carbocycles. The summed E-state index contributed by atoms with van der Waals surface area (Å²) >= 11 is 0. The summed E-state index contributed by atoms with van der Waals surface area (Å²) in [5, 5.41) is 7.16. The highest BCUT2D eigenvalue weighted by molar-refractivity contribution is 5.43. The molecule has 3 heterocycles. The molecule has 2 saturated heterocycles. The molecule has 24 heavy (non-hydrogen) atoms. The number of fused-ring (bicyclic) bond motifs is 1. The normalized spacial score (nSPS) is 36.4. The van der Waals surface area contributed by atoms with E-state index in [-0.39, 0.29) is 0 Å². The van der Waals surface area contributed by atoms with Crippen LogP contribution in [-0.2, 0) is 0 Å². The largest absolute Gasteiger partial charge is 0.367 e. The maximum atomic E-state index is 4.81. The third kappa shape index (κ3) is 3.34. The molecule has 0 bridgehead atoms. The van der Waals surface area contributed by atoms with Gasteiger partial charge in [0.05, 0.1) is 0 Å². The van der Waals surface area contributed by atoms with Gasteiger partial charge >= 0.3 is 0 Å². The van der Waals surface area contributed by atoms with Gasteiger partial charge in [0.15, 0.2) is 0 Å². The zero-order chi connectivity index (χ0) is 16.5. The summed E-state index contributed by atoms with van der Waals surface area (Å²) in [6.07, 6.45) is 5.50. The van der Waals surface area contributed by atoms with E-state index in [0.29, 0.717) is 24.2 Å². The topological polar surface area (TPSA) is 77.1 Å². The van der Waals surface area contributed by atoms with E-state index in [1.807, 2.05) is 12.3 Å². The maximum absolute atomic E-state index is 4.81. The molecular formula is C17H29N7. The SMILES string of the molecule is CC1CN(c2nccc(NC3CCC4NNCC4C3)n2)C(C)CN1. The lowest BCUT2D eigenvalue weighted by atomic mass is 9.83. The van der Waals surface area contributed by atoms with Gasteiger partial charge in [-0.2, -0.15) is 4.98 Å². The second-order valence-electron chi connectivity index (χ2n) is 7.60. The van der Waals surface area contributed by atoms with Crippen LogP contribution >= 0.6 is 0 Å². The van der Waals surface area contributed by atoms with Gasteiger partial charge in [-0.1, -0.05) is 0 Å². The molecule has 3 aliphatic rings. The van der Waals surface area contributed by atoms with Crippen LogP contribution in [0.5, 0.6) is 0 Å². The number of hydrogen-bond acceptors (Lipinski definition) is 7. The Morgan fingerprint density at radius 1 is 1.25 bits per heavy atom. The van der Waals surface area contributed by atoms with E-state index in [4.69, 9.17) is 4.98 Å². The molecule has 1 aromatic heterocycles. The Kier molecular flexibility index (Phi) is 4.56. The Labute approximate surface area is 144 Å². The lowest BCUT2D eigenvalue weighted by Crippen LogP contribution is -2.55. The lowest BCUT2D eigenvalue weighted by Gasteiger charge is -2.37. The fraction of sp³-hybridized carbons (Fsp3) is 0.765. The highest BCUT2D eigenvalue weighted by Crippen LogP contribution is 2.28. The van der Waals surface area contributed by atoms with Crippen molar-refractivity contribution in [3.8, 4) is 0 Å². The number of hydrogen-bond donors (Lipinski definition) is 4. The first kappa shape index (κ1) is 16.1. The van der Waals surface area contributed by atoms with Crippen molar-refractivity contribution in [1.29, 1.82) is 0 Å². The van der Waals surface area contributed by atoms with Crippen molar-refractivity contribution in [2.45, 2.75) is 57.3 Å². The first-order valence-corrected chi connectivity index (χ1v) is 9.27. The molecule has 132 valence electrons. The second-order valence-corrected chi connectivity index (χ2v) is 7.60. The highest BCUT2D eigenvalue weighted by atomic mass is 15.4. The van der Waals surface area contributed by atoms with Gasteiger partial charge in [0.25, 0.3) is 0 Å². The molecule has 4 rings (SSSR count). The van der Waals surface area contributed by atoms with Crippen molar-refractivity contribution in [3.05, 3.63) is 12.3 Å². The Bertz CT molecular complexity index is 566. The van der Waals surface area contributed by atoms with Crippen molar-refractivity contribution in [2.75, 3.05) is 29.9 Å². The third-order valence-corrected chi connectivity index (χ3v) is 5.65. The third-order valence-electron chi connectivity index (χ3n) is 5.65. The van der Waals surface area contributed by atoms with E-state index in [1.165, 1.54) is 19.3 Å². The number of rotatable bonds is 3. The van der Waals surface area contributed by atoms with Crippen LogP contribution in [-0.4, -0.2) is 53.8 Å². The van der Waals surface area contributed by atoms with E-state index in [1.54, 1.807) is 0 Å². The molecule has 5 atom stereocenters. The van der Waals surface area contributed by atoms with Gasteiger partial charge in [-0.3, -0.25) is 10.9 Å². The van der Waals surface area contributed by atoms with Crippen molar-refractivity contribution in [3.63, 3.8) is 0 Å². The minimum Gasteiger partial charge on any atom is -0.367 e. The van der Waals surface area contributed by atoms with Gasteiger partial charge in [0.1, 0.15) is 5.82 Å². The lowest BCUT2D eigenvalue weighted by molar-refractivity contribution is 0.314. The van der Waals surface area contributed by atoms with Gasteiger partial charge in [0, 0.05) is 50.0 Å². The molecule has 0 radical (unpaired) electrons. The molecule has 7 heteroatoms. The molecule has 0 amide bonds. The Morgan fingerprint density at radius 2 is 2.17 bits per heavy atom. The van der Waals surface area contributed by atoms with Crippen LogP contribution in [0.2, 0.25) is 0 Å². The van der Waals surface area contributed by atoms with Gasteiger partial charge in [-0.05, 0) is 45.1 Å². The molecule has 0 spiro atoms. The Hall–Kier alpha value is -1.44. The summed E-state index contributed by atoms with van der Waals surface area (Å²) in [5.41, 5.74) is 6.68. The van der Waals surface area contributed by atoms with Crippen LogP contribution in [0.1, 0.15) is 33.1 Å². The summed E-state index contributed by atoms with van der Waals surface area (Å²) in [6.45, 7) is 7.45. The predicted octanol–water partition coefficient (Wildman–Crippen LogP) is 0.720. The second kappa shape index (κ2) is 6.82. The minimum absolute atomic E-state index is 0.419. The average molecular weight is 331 g/mol. The summed E-state index contributed by atoms with van der Waals surface area (Å²) in [6, 6.07) is 4.04. The number of hydrazine groups is 1. The minimum atomic E-state index is 0.419. The summed E-state index contributed by atoms with van der Waals surface area (Å²) in [5.74, 6) is 2.53. The molecule has 3 fully saturated rings. The molecule has 5 unspecified atom stereocenters. The molecular weight excluding hydrogens is 302 g/mol. The summed E-state index contributed by atoms with van der Waals surface area (Å²) < 4.78 is 0. The first-order chi connectivity index (χ1) is 11.7. The Morgan fingerprint density at radius 3 is 3.08 bits per heavy atom. The van der Waals surface area contributed by atoms with Gasteiger partial charge in [-0.25, -0.2) is 4.98 Å². The van der Waals surface area contributed by atoms with E-state index >= 15 is 0 Å². The summed E-state index contributed by atoms with van der Waals surface area (Å²) in [7, 11) is 0. The quantitative estimate of drug-likeness (QED) is 0.650. The number of piperazine rings is 1. The van der Waals surface area contributed by atoms with Crippen molar-refractivity contribution in [2.24, 2.45) is 5.92 Å². The van der Waals surface area contributed by atoms with Crippen LogP contribution in [0.4, 0.5) is 11.8 Å². The van der Waals surface area contributed by atoms with Crippen LogP contribution in [0.3, 0.4) is 0 Å². The van der Waals surface area contributed by atoms with Crippen molar-refractivity contribution >= 4 is 11.8 Å². The van der Waals surface area contributed by atoms with Crippen LogP contribution in [0.15, 0.2) is 12.3 Å². The molecule has 1 aliphatic carbocycles. The van der Waals surface area contributed by atoms with Gasteiger partial charge in [0.2, 0.25) is 5.95 Å². The number of aromatic nitrogens is 2. The highest BCUT2D eigenvalue weighted by Gasteiger charge is 2.34. The smallest absolute Gasteiger partial charge is 0.227 e.